The summed E-state index contributed by atoms with van der Waals surface area (Å²) in [6.07, 6.45) is 4.46. The van der Waals surface area contributed by atoms with Crippen molar-refractivity contribution in [3.8, 4) is 0 Å². The van der Waals surface area contributed by atoms with E-state index in [-0.39, 0.29) is 11.3 Å². The van der Waals surface area contributed by atoms with Gasteiger partial charge in [-0.05, 0) is 31.9 Å². The number of furan rings is 1. The van der Waals surface area contributed by atoms with Gasteiger partial charge in [-0.1, -0.05) is 0 Å². The number of sulfone groups is 1. The molecule has 2 heterocycles. The average Bonchev–Trinajstić information content (AvgIpc) is 2.80. The summed E-state index contributed by atoms with van der Waals surface area (Å²) in [5, 5.41) is -0.164. The predicted molar refractivity (Wildman–Crippen MR) is 66.6 cm³/mol. The summed E-state index contributed by atoms with van der Waals surface area (Å²) in [6.45, 7) is 3.73. The number of piperidine rings is 1. The molecular weight excluding hydrogens is 238 g/mol. The third kappa shape index (κ3) is 2.90. The van der Waals surface area contributed by atoms with E-state index in [9.17, 15) is 8.42 Å². The first kappa shape index (κ1) is 12.6. The van der Waals surface area contributed by atoms with E-state index < -0.39 is 9.84 Å². The lowest BCUT2D eigenvalue weighted by Gasteiger charge is -2.34. The normalized spacial score (nSPS) is 21.5. The zero-order valence-electron chi connectivity index (χ0n) is 10.3. The monoisotopic (exact) mass is 257 g/mol. The van der Waals surface area contributed by atoms with Crippen molar-refractivity contribution in [1.82, 2.24) is 4.90 Å². The van der Waals surface area contributed by atoms with Crippen LogP contribution in [0.1, 0.15) is 31.6 Å². The van der Waals surface area contributed by atoms with E-state index in [4.69, 9.17) is 4.42 Å². The van der Waals surface area contributed by atoms with Crippen molar-refractivity contribution in [2.75, 3.05) is 19.3 Å². The molecule has 1 atom stereocenters. The molecule has 0 amide bonds. The molecule has 0 saturated carbocycles. The molecule has 1 aliphatic rings. The van der Waals surface area contributed by atoms with Crippen LogP contribution in [0.5, 0.6) is 0 Å². The van der Waals surface area contributed by atoms with E-state index in [0.717, 1.165) is 31.7 Å². The van der Waals surface area contributed by atoms with Crippen LogP contribution < -0.4 is 0 Å². The van der Waals surface area contributed by atoms with E-state index in [1.807, 2.05) is 12.1 Å². The minimum atomic E-state index is -2.88. The maximum absolute atomic E-state index is 11.5. The third-order valence-electron chi connectivity index (χ3n) is 3.58. The van der Waals surface area contributed by atoms with Crippen molar-refractivity contribution >= 4 is 9.84 Å². The van der Waals surface area contributed by atoms with Crippen molar-refractivity contribution in [3.63, 3.8) is 0 Å². The van der Waals surface area contributed by atoms with E-state index in [2.05, 4.69) is 11.8 Å². The summed E-state index contributed by atoms with van der Waals surface area (Å²) in [4.78, 5) is 2.28. The number of hydrogen-bond acceptors (Lipinski definition) is 4. The minimum Gasteiger partial charge on any atom is -0.468 e. The van der Waals surface area contributed by atoms with Crippen LogP contribution in [0.25, 0.3) is 0 Å². The molecule has 0 aliphatic carbocycles. The van der Waals surface area contributed by atoms with Gasteiger partial charge >= 0.3 is 0 Å². The molecule has 0 N–H and O–H groups in total. The molecule has 1 fully saturated rings. The fraction of sp³-hybridized carbons (Fsp3) is 0.667. The number of hydrogen-bond donors (Lipinski definition) is 0. The summed E-state index contributed by atoms with van der Waals surface area (Å²) in [6, 6.07) is 4.08. The van der Waals surface area contributed by atoms with Crippen molar-refractivity contribution in [3.05, 3.63) is 24.2 Å². The Bertz CT molecular complexity index is 444. The Morgan fingerprint density at radius 2 is 2.06 bits per heavy atom. The second-order valence-electron chi connectivity index (χ2n) is 4.76. The van der Waals surface area contributed by atoms with E-state index >= 15 is 0 Å². The summed E-state index contributed by atoms with van der Waals surface area (Å²) < 4.78 is 28.3. The van der Waals surface area contributed by atoms with E-state index in [1.54, 1.807) is 6.26 Å². The lowest BCUT2D eigenvalue weighted by molar-refractivity contribution is 0.158. The topological polar surface area (TPSA) is 50.5 Å². The molecule has 0 aromatic carbocycles. The van der Waals surface area contributed by atoms with Gasteiger partial charge < -0.3 is 4.42 Å². The maximum atomic E-state index is 11.5. The molecule has 17 heavy (non-hydrogen) atoms. The highest BCUT2D eigenvalue weighted by Crippen LogP contribution is 2.26. The molecule has 1 unspecified atom stereocenters. The Morgan fingerprint density at radius 3 is 2.53 bits per heavy atom. The van der Waals surface area contributed by atoms with Crippen LogP contribution in [0.2, 0.25) is 0 Å². The SMILES string of the molecule is CC(c1ccco1)N1CCC(S(C)(=O)=O)CC1. The summed E-state index contributed by atoms with van der Waals surface area (Å²) in [5.74, 6) is 0.947. The second kappa shape index (κ2) is 4.82. The number of likely N-dealkylation sites (tertiary alicyclic amines) is 1. The first-order valence-electron chi connectivity index (χ1n) is 5.95. The Morgan fingerprint density at radius 1 is 1.41 bits per heavy atom. The van der Waals surface area contributed by atoms with E-state index in [1.165, 1.54) is 6.26 Å². The first-order chi connectivity index (χ1) is 7.98. The van der Waals surface area contributed by atoms with Crippen LogP contribution in [0.3, 0.4) is 0 Å². The zero-order chi connectivity index (χ0) is 12.5. The fourth-order valence-electron chi connectivity index (χ4n) is 2.40. The quantitative estimate of drug-likeness (QED) is 0.829. The van der Waals surface area contributed by atoms with Gasteiger partial charge in [-0.15, -0.1) is 0 Å². The summed E-state index contributed by atoms with van der Waals surface area (Å²) >= 11 is 0. The highest BCUT2D eigenvalue weighted by molar-refractivity contribution is 7.91. The molecule has 1 aromatic rings. The van der Waals surface area contributed by atoms with E-state index in [0.29, 0.717) is 0 Å². The maximum Gasteiger partial charge on any atom is 0.150 e. The average molecular weight is 257 g/mol. The first-order valence-corrected chi connectivity index (χ1v) is 7.90. The Labute approximate surface area is 103 Å². The van der Waals surface area contributed by atoms with Crippen molar-refractivity contribution in [2.24, 2.45) is 0 Å². The van der Waals surface area contributed by atoms with Crippen molar-refractivity contribution in [1.29, 1.82) is 0 Å². The molecule has 0 bridgehead atoms. The smallest absolute Gasteiger partial charge is 0.150 e. The van der Waals surface area contributed by atoms with Crippen LogP contribution in [0.15, 0.2) is 22.8 Å². The molecule has 2 rings (SSSR count). The van der Waals surface area contributed by atoms with Gasteiger partial charge in [-0.2, -0.15) is 0 Å². The summed E-state index contributed by atoms with van der Waals surface area (Å²) in [5.41, 5.74) is 0. The van der Waals surface area contributed by atoms with Gasteiger partial charge in [0.2, 0.25) is 0 Å². The molecule has 4 nitrogen and oxygen atoms in total. The Hall–Kier alpha value is -0.810. The van der Waals surface area contributed by atoms with Gasteiger partial charge in [0.05, 0.1) is 17.6 Å². The fourth-order valence-corrected chi connectivity index (χ4v) is 3.47. The standard InChI is InChI=1S/C12H19NO3S/c1-10(12-4-3-9-16-12)13-7-5-11(6-8-13)17(2,14)15/h3-4,9-11H,5-8H2,1-2H3. The molecule has 96 valence electrons. The van der Waals surface area contributed by atoms with Gasteiger partial charge in [0.25, 0.3) is 0 Å². The zero-order valence-corrected chi connectivity index (χ0v) is 11.1. The Kier molecular flexibility index (Phi) is 3.58. The number of rotatable bonds is 3. The highest BCUT2D eigenvalue weighted by Gasteiger charge is 2.29. The second-order valence-corrected chi connectivity index (χ2v) is 7.08. The molecule has 1 aromatic heterocycles. The molecule has 1 aliphatic heterocycles. The van der Waals surface area contributed by atoms with Gasteiger partial charge in [-0.25, -0.2) is 8.42 Å². The molecular formula is C12H19NO3S. The lowest BCUT2D eigenvalue weighted by Crippen LogP contribution is -2.40. The lowest BCUT2D eigenvalue weighted by atomic mass is 10.1. The van der Waals surface area contributed by atoms with Gasteiger partial charge in [0, 0.05) is 19.3 Å². The third-order valence-corrected chi connectivity index (χ3v) is 5.27. The van der Waals surface area contributed by atoms with Crippen molar-refractivity contribution in [2.45, 2.75) is 31.1 Å². The predicted octanol–water partition coefficient (Wildman–Crippen LogP) is 1.85. The van der Waals surface area contributed by atoms with Crippen molar-refractivity contribution < 1.29 is 12.8 Å². The van der Waals surface area contributed by atoms with Crippen LogP contribution >= 0.6 is 0 Å². The van der Waals surface area contributed by atoms with Crippen LogP contribution in [0.4, 0.5) is 0 Å². The molecule has 0 spiro atoms. The van der Waals surface area contributed by atoms with Gasteiger partial charge in [0.1, 0.15) is 15.6 Å². The molecule has 1 saturated heterocycles. The van der Waals surface area contributed by atoms with Crippen LogP contribution in [0, 0.1) is 0 Å². The van der Waals surface area contributed by atoms with Gasteiger partial charge in [-0.3, -0.25) is 4.90 Å². The summed E-state index contributed by atoms with van der Waals surface area (Å²) in [7, 11) is -2.88. The minimum absolute atomic E-state index is 0.164. The largest absolute Gasteiger partial charge is 0.468 e. The molecule has 5 heteroatoms. The van der Waals surface area contributed by atoms with Crippen LogP contribution in [-0.2, 0) is 9.84 Å². The van der Waals surface area contributed by atoms with Gasteiger partial charge in [0.15, 0.2) is 0 Å². The Balaban J connectivity index is 1.96. The highest BCUT2D eigenvalue weighted by atomic mass is 32.2. The van der Waals surface area contributed by atoms with Crippen LogP contribution in [-0.4, -0.2) is 37.9 Å². The number of nitrogens with zero attached hydrogens (tertiary/aromatic N) is 1. The molecule has 0 radical (unpaired) electrons.